The zero-order valence-corrected chi connectivity index (χ0v) is 17.6. The molecule has 0 unspecified atom stereocenters. The molecule has 2 aromatic heterocycles. The van der Waals surface area contributed by atoms with Crippen molar-refractivity contribution in [2.75, 3.05) is 7.11 Å². The molecule has 5 rings (SSSR count). The van der Waals surface area contributed by atoms with Gasteiger partial charge in [0.1, 0.15) is 5.75 Å². The summed E-state index contributed by atoms with van der Waals surface area (Å²) in [5.41, 5.74) is 4.61. The molecule has 6 heteroatoms. The fourth-order valence-electron chi connectivity index (χ4n) is 3.28. The first-order valence-corrected chi connectivity index (χ1v) is 10.6. The van der Waals surface area contributed by atoms with Gasteiger partial charge in [0, 0.05) is 27.9 Å². The van der Waals surface area contributed by atoms with Gasteiger partial charge in [0.05, 0.1) is 28.9 Å². The lowest BCUT2D eigenvalue weighted by Gasteiger charge is -2.06. The molecule has 0 aliphatic rings. The van der Waals surface area contributed by atoms with Crippen LogP contribution in [0.5, 0.6) is 5.75 Å². The molecular weight excluding hydrogens is 414 g/mol. The van der Waals surface area contributed by atoms with Crippen molar-refractivity contribution in [2.24, 2.45) is 4.99 Å². The lowest BCUT2D eigenvalue weighted by Crippen LogP contribution is -1.86. The molecule has 3 aromatic carbocycles. The molecule has 5 aromatic rings. The fraction of sp³-hybridized carbons (Fsp3) is 0.0417. The van der Waals surface area contributed by atoms with Crippen molar-refractivity contribution in [1.82, 2.24) is 9.97 Å². The number of fused-ring (bicyclic) bond motifs is 2. The minimum absolute atomic E-state index is 0.698. The minimum Gasteiger partial charge on any atom is -0.497 e. The number of hydrogen-bond acceptors (Lipinski definition) is 5. The predicted octanol–water partition coefficient (Wildman–Crippen LogP) is 6.92. The van der Waals surface area contributed by atoms with Crippen molar-refractivity contribution in [2.45, 2.75) is 0 Å². The van der Waals surface area contributed by atoms with Gasteiger partial charge in [0.15, 0.2) is 0 Å². The molecule has 0 saturated carbocycles. The first kappa shape index (κ1) is 18.7. The summed E-state index contributed by atoms with van der Waals surface area (Å²) in [6.07, 6.45) is 1.80. The second kappa shape index (κ2) is 7.86. The Morgan fingerprint density at radius 3 is 2.57 bits per heavy atom. The average Bonchev–Trinajstić information content (AvgIpc) is 3.27. The number of aliphatic imine (C=N–C) groups is 1. The predicted molar refractivity (Wildman–Crippen MR) is 126 cm³/mol. The molecule has 0 radical (unpaired) electrons. The van der Waals surface area contributed by atoms with E-state index in [0.29, 0.717) is 10.2 Å². The summed E-state index contributed by atoms with van der Waals surface area (Å²) >= 11 is 8.19. The summed E-state index contributed by atoms with van der Waals surface area (Å²) in [5, 5.41) is 5.29. The first-order chi connectivity index (χ1) is 14.7. The molecule has 0 fully saturated rings. The Bertz CT molecular complexity index is 1390. The molecule has 0 bridgehead atoms. The van der Waals surface area contributed by atoms with E-state index in [1.54, 1.807) is 13.3 Å². The quantitative estimate of drug-likeness (QED) is 0.230. The third-order valence-electron chi connectivity index (χ3n) is 4.84. The lowest BCUT2D eigenvalue weighted by atomic mass is 10.1. The Hall–Kier alpha value is -3.28. The molecular formula is C24H16ClN3OS. The van der Waals surface area contributed by atoms with E-state index in [2.05, 4.69) is 9.98 Å². The van der Waals surface area contributed by atoms with Gasteiger partial charge in [-0.15, -0.1) is 11.3 Å². The van der Waals surface area contributed by atoms with Crippen molar-refractivity contribution >= 4 is 56.1 Å². The Morgan fingerprint density at radius 2 is 1.73 bits per heavy atom. The first-order valence-electron chi connectivity index (χ1n) is 9.33. The van der Waals surface area contributed by atoms with Crippen molar-refractivity contribution < 1.29 is 4.74 Å². The average molecular weight is 430 g/mol. The number of aromatic nitrogens is 2. The highest BCUT2D eigenvalue weighted by atomic mass is 35.5. The summed E-state index contributed by atoms with van der Waals surface area (Å²) in [6, 6.07) is 21.7. The van der Waals surface area contributed by atoms with Crippen LogP contribution in [-0.4, -0.2) is 23.3 Å². The highest BCUT2D eigenvalue weighted by Gasteiger charge is 2.10. The summed E-state index contributed by atoms with van der Waals surface area (Å²) in [7, 11) is 1.65. The highest BCUT2D eigenvalue weighted by molar-refractivity contribution is 7.13. The van der Waals surface area contributed by atoms with Crippen LogP contribution in [0.15, 0.2) is 77.1 Å². The third kappa shape index (κ3) is 3.54. The van der Waals surface area contributed by atoms with Crippen LogP contribution < -0.4 is 4.74 Å². The number of para-hydroxylation sites is 1. The molecule has 0 aliphatic carbocycles. The van der Waals surface area contributed by atoms with E-state index in [-0.39, 0.29) is 0 Å². The molecule has 0 N–H and O–H groups in total. The number of thiazole rings is 1. The molecule has 0 aliphatic heterocycles. The number of methoxy groups -OCH3 is 1. The van der Waals surface area contributed by atoms with E-state index < -0.39 is 0 Å². The van der Waals surface area contributed by atoms with Crippen molar-refractivity contribution in [1.29, 1.82) is 0 Å². The van der Waals surface area contributed by atoms with Crippen LogP contribution in [0.25, 0.3) is 33.1 Å². The van der Waals surface area contributed by atoms with Gasteiger partial charge in [-0.1, -0.05) is 35.9 Å². The standard InChI is InChI=1S/C24H16ClN3OS/c1-29-17-9-6-15(7-10-17)13-26-24-28-22(14-30-24)16-8-11-21-19(12-16)23(25)18-4-2-3-5-20(18)27-21/h2-14H,1H3/b26-13+. The second-order valence-corrected chi connectivity index (χ2v) is 7.94. The fourth-order valence-corrected chi connectivity index (χ4v) is 4.26. The summed E-state index contributed by atoms with van der Waals surface area (Å²) in [6.45, 7) is 0. The number of ether oxygens (including phenoxy) is 1. The maximum atomic E-state index is 6.69. The van der Waals surface area contributed by atoms with Gasteiger partial charge in [0.2, 0.25) is 5.13 Å². The Morgan fingerprint density at radius 1 is 0.933 bits per heavy atom. The van der Waals surface area contributed by atoms with Gasteiger partial charge in [-0.25, -0.2) is 15.0 Å². The van der Waals surface area contributed by atoms with Gasteiger partial charge < -0.3 is 4.74 Å². The number of hydrogen-bond donors (Lipinski definition) is 0. The van der Waals surface area contributed by atoms with Crippen LogP contribution in [-0.2, 0) is 0 Å². The lowest BCUT2D eigenvalue weighted by molar-refractivity contribution is 0.415. The second-order valence-electron chi connectivity index (χ2n) is 6.72. The number of halogens is 1. The monoisotopic (exact) mass is 429 g/mol. The molecule has 30 heavy (non-hydrogen) atoms. The van der Waals surface area contributed by atoms with Crippen LogP contribution in [0.1, 0.15) is 5.56 Å². The Kier molecular flexibility index (Phi) is 4.91. The summed E-state index contributed by atoms with van der Waals surface area (Å²) in [4.78, 5) is 13.9. The SMILES string of the molecule is COc1ccc(/C=N/c2nc(-c3ccc4nc5ccccc5c(Cl)c4c3)cs2)cc1. The van der Waals surface area contributed by atoms with Crippen molar-refractivity contribution in [3.8, 4) is 17.0 Å². The Balaban J connectivity index is 1.47. The Labute approximate surface area is 182 Å². The smallest absolute Gasteiger partial charge is 0.209 e. The van der Waals surface area contributed by atoms with Gasteiger partial charge in [-0.3, -0.25) is 0 Å². The topological polar surface area (TPSA) is 47.4 Å². The molecule has 0 saturated heterocycles. The van der Waals surface area contributed by atoms with Gasteiger partial charge in [0.25, 0.3) is 0 Å². The highest BCUT2D eigenvalue weighted by Crippen LogP contribution is 2.34. The van der Waals surface area contributed by atoms with E-state index in [0.717, 1.165) is 44.4 Å². The number of nitrogens with zero attached hydrogens (tertiary/aromatic N) is 3. The van der Waals surface area contributed by atoms with Crippen LogP contribution in [0, 0.1) is 0 Å². The van der Waals surface area contributed by atoms with E-state index >= 15 is 0 Å². The summed E-state index contributed by atoms with van der Waals surface area (Å²) < 4.78 is 5.18. The zero-order valence-electron chi connectivity index (χ0n) is 16.0. The molecule has 2 heterocycles. The summed E-state index contributed by atoms with van der Waals surface area (Å²) in [5.74, 6) is 0.820. The van der Waals surface area contributed by atoms with Crippen LogP contribution in [0.4, 0.5) is 5.13 Å². The molecule has 4 nitrogen and oxygen atoms in total. The van der Waals surface area contributed by atoms with E-state index in [1.165, 1.54) is 11.3 Å². The van der Waals surface area contributed by atoms with E-state index in [4.69, 9.17) is 21.3 Å². The van der Waals surface area contributed by atoms with Gasteiger partial charge in [-0.05, 0) is 48.0 Å². The minimum atomic E-state index is 0.698. The number of rotatable bonds is 4. The van der Waals surface area contributed by atoms with Crippen molar-refractivity contribution in [3.63, 3.8) is 0 Å². The number of benzene rings is 3. The van der Waals surface area contributed by atoms with Gasteiger partial charge in [-0.2, -0.15) is 0 Å². The maximum Gasteiger partial charge on any atom is 0.209 e. The van der Waals surface area contributed by atoms with E-state index in [9.17, 15) is 0 Å². The van der Waals surface area contributed by atoms with Gasteiger partial charge >= 0.3 is 0 Å². The third-order valence-corrected chi connectivity index (χ3v) is 6.00. The van der Waals surface area contributed by atoms with Crippen LogP contribution in [0.3, 0.4) is 0 Å². The van der Waals surface area contributed by atoms with Crippen molar-refractivity contribution in [3.05, 3.63) is 82.7 Å². The van der Waals surface area contributed by atoms with Crippen LogP contribution >= 0.6 is 22.9 Å². The molecule has 0 amide bonds. The number of pyridine rings is 1. The molecule has 0 spiro atoms. The maximum absolute atomic E-state index is 6.69. The zero-order chi connectivity index (χ0) is 20.5. The largest absolute Gasteiger partial charge is 0.497 e. The molecule has 0 atom stereocenters. The van der Waals surface area contributed by atoms with Crippen LogP contribution in [0.2, 0.25) is 5.02 Å². The normalized spacial score (nSPS) is 11.5. The van der Waals surface area contributed by atoms with E-state index in [1.807, 2.05) is 72.1 Å². The molecule has 146 valence electrons.